The normalized spacial score (nSPS) is 11.3. The predicted octanol–water partition coefficient (Wildman–Crippen LogP) is 4.97. The van der Waals surface area contributed by atoms with Gasteiger partial charge in [-0.3, -0.25) is 9.36 Å². The van der Waals surface area contributed by atoms with Crippen LogP contribution in [-0.4, -0.2) is 26.4 Å². The molecule has 0 spiro atoms. The zero-order chi connectivity index (χ0) is 19.4. The molecule has 0 aliphatic heterocycles. The monoisotopic (exact) mass is 384 g/mol. The summed E-state index contributed by atoms with van der Waals surface area (Å²) in [4.78, 5) is 12.3. The molecule has 0 saturated carbocycles. The second kappa shape index (κ2) is 8.43. The summed E-state index contributed by atoms with van der Waals surface area (Å²) in [5.74, 6) is 1.99. The minimum absolute atomic E-state index is 0.0739. The maximum Gasteiger partial charge on any atom is 0.234 e. The van der Waals surface area contributed by atoms with E-state index in [4.69, 9.17) is 4.42 Å². The zero-order valence-electron chi connectivity index (χ0n) is 16.0. The fourth-order valence-corrected chi connectivity index (χ4v) is 3.56. The number of nitrogens with one attached hydrogen (secondary N) is 1. The molecular formula is C20H24N4O2S. The van der Waals surface area contributed by atoms with Gasteiger partial charge in [0.1, 0.15) is 0 Å². The van der Waals surface area contributed by atoms with Crippen molar-refractivity contribution < 1.29 is 9.21 Å². The van der Waals surface area contributed by atoms with E-state index in [1.54, 1.807) is 6.26 Å². The van der Waals surface area contributed by atoms with Crippen molar-refractivity contribution in [1.82, 2.24) is 14.8 Å². The Morgan fingerprint density at radius 3 is 2.48 bits per heavy atom. The number of nitrogens with zero attached hydrogens (tertiary/aromatic N) is 3. The molecule has 2 heterocycles. The van der Waals surface area contributed by atoms with Crippen LogP contribution in [0.1, 0.15) is 45.2 Å². The van der Waals surface area contributed by atoms with Crippen molar-refractivity contribution in [2.45, 2.75) is 44.8 Å². The van der Waals surface area contributed by atoms with Gasteiger partial charge in [0, 0.05) is 11.7 Å². The highest BCUT2D eigenvalue weighted by molar-refractivity contribution is 7.99. The molecule has 3 rings (SSSR count). The van der Waals surface area contributed by atoms with Gasteiger partial charge in [0.15, 0.2) is 10.9 Å². The van der Waals surface area contributed by atoms with Gasteiger partial charge in [-0.05, 0) is 49.6 Å². The second-order valence-corrected chi connectivity index (χ2v) is 7.80. The van der Waals surface area contributed by atoms with Crippen LogP contribution in [-0.2, 0) is 4.79 Å². The summed E-state index contributed by atoms with van der Waals surface area (Å²) in [6.07, 6.45) is 1.61. The third-order valence-corrected chi connectivity index (χ3v) is 5.06. The number of furan rings is 1. The number of amides is 1. The van der Waals surface area contributed by atoms with Gasteiger partial charge in [0.2, 0.25) is 11.7 Å². The fourth-order valence-electron chi connectivity index (χ4n) is 2.69. The van der Waals surface area contributed by atoms with Crippen molar-refractivity contribution in [3.05, 3.63) is 48.2 Å². The van der Waals surface area contributed by atoms with E-state index in [9.17, 15) is 4.79 Å². The Kier molecular flexibility index (Phi) is 6.01. The molecule has 1 aromatic carbocycles. The molecule has 2 aromatic heterocycles. The van der Waals surface area contributed by atoms with Crippen molar-refractivity contribution >= 4 is 23.4 Å². The van der Waals surface area contributed by atoms with Gasteiger partial charge in [-0.15, -0.1) is 10.2 Å². The van der Waals surface area contributed by atoms with E-state index >= 15 is 0 Å². The molecule has 27 heavy (non-hydrogen) atoms. The lowest BCUT2D eigenvalue weighted by molar-refractivity contribution is -0.113. The van der Waals surface area contributed by atoms with Gasteiger partial charge in [-0.2, -0.15) is 0 Å². The molecular weight excluding hydrogens is 360 g/mol. The van der Waals surface area contributed by atoms with Crippen LogP contribution >= 0.6 is 11.8 Å². The summed E-state index contributed by atoms with van der Waals surface area (Å²) >= 11 is 1.36. The summed E-state index contributed by atoms with van der Waals surface area (Å²) in [6.45, 7) is 8.39. The molecule has 7 heteroatoms. The summed E-state index contributed by atoms with van der Waals surface area (Å²) in [7, 11) is 0. The topological polar surface area (TPSA) is 73.0 Å². The van der Waals surface area contributed by atoms with E-state index in [-0.39, 0.29) is 17.7 Å². The van der Waals surface area contributed by atoms with E-state index in [2.05, 4.69) is 43.2 Å². The number of thioether (sulfide) groups is 1. The van der Waals surface area contributed by atoms with E-state index in [0.717, 1.165) is 5.69 Å². The first-order chi connectivity index (χ1) is 13.0. The van der Waals surface area contributed by atoms with E-state index < -0.39 is 0 Å². The SMILES string of the molecule is CC(C)c1ccc(NC(=O)CSc2nnc(-c3ccco3)n2C(C)C)cc1. The average Bonchev–Trinajstić information content (AvgIpc) is 3.29. The van der Waals surface area contributed by atoms with Crippen LogP contribution in [0.4, 0.5) is 5.69 Å². The number of carbonyl (C=O) groups excluding carboxylic acids is 1. The highest BCUT2D eigenvalue weighted by atomic mass is 32.2. The highest BCUT2D eigenvalue weighted by Gasteiger charge is 2.19. The van der Waals surface area contributed by atoms with Gasteiger partial charge >= 0.3 is 0 Å². The van der Waals surface area contributed by atoms with Crippen LogP contribution in [0.2, 0.25) is 0 Å². The van der Waals surface area contributed by atoms with Crippen molar-refractivity contribution in [2.75, 3.05) is 11.1 Å². The Balaban J connectivity index is 1.65. The molecule has 1 N–H and O–H groups in total. The number of carbonyl (C=O) groups is 1. The summed E-state index contributed by atoms with van der Waals surface area (Å²) in [6, 6.07) is 11.8. The quantitative estimate of drug-likeness (QED) is 0.582. The molecule has 1 amide bonds. The van der Waals surface area contributed by atoms with Gasteiger partial charge in [0.05, 0.1) is 12.0 Å². The number of benzene rings is 1. The van der Waals surface area contributed by atoms with E-state index in [1.807, 2.05) is 41.0 Å². The summed E-state index contributed by atoms with van der Waals surface area (Å²) in [5, 5.41) is 12.1. The molecule has 0 atom stereocenters. The average molecular weight is 385 g/mol. The predicted molar refractivity (Wildman–Crippen MR) is 108 cm³/mol. The molecule has 0 fully saturated rings. The molecule has 0 radical (unpaired) electrons. The highest BCUT2D eigenvalue weighted by Crippen LogP contribution is 2.28. The van der Waals surface area contributed by atoms with Crippen molar-refractivity contribution in [3.63, 3.8) is 0 Å². The Hall–Kier alpha value is -2.54. The van der Waals surface area contributed by atoms with Gasteiger partial charge in [-0.25, -0.2) is 0 Å². The van der Waals surface area contributed by atoms with E-state index in [0.29, 0.717) is 22.7 Å². The lowest BCUT2D eigenvalue weighted by Gasteiger charge is -2.12. The fraction of sp³-hybridized carbons (Fsp3) is 0.350. The molecule has 142 valence electrons. The molecule has 0 bridgehead atoms. The van der Waals surface area contributed by atoms with Crippen molar-refractivity contribution in [1.29, 1.82) is 0 Å². The smallest absolute Gasteiger partial charge is 0.234 e. The van der Waals surface area contributed by atoms with Gasteiger partial charge < -0.3 is 9.73 Å². The maximum absolute atomic E-state index is 12.3. The molecule has 6 nitrogen and oxygen atoms in total. The number of rotatable bonds is 7. The summed E-state index contributed by atoms with van der Waals surface area (Å²) in [5.41, 5.74) is 2.05. The molecule has 0 saturated heterocycles. The third kappa shape index (κ3) is 4.60. The standard InChI is InChI=1S/C20H24N4O2S/c1-13(2)15-7-9-16(10-8-15)21-18(25)12-27-20-23-22-19(24(20)14(3)4)17-6-5-11-26-17/h5-11,13-14H,12H2,1-4H3,(H,21,25). The minimum atomic E-state index is -0.0739. The summed E-state index contributed by atoms with van der Waals surface area (Å²) < 4.78 is 7.42. The maximum atomic E-state index is 12.3. The zero-order valence-corrected chi connectivity index (χ0v) is 16.8. The Morgan fingerprint density at radius 2 is 1.89 bits per heavy atom. The van der Waals surface area contributed by atoms with E-state index in [1.165, 1.54) is 17.3 Å². The van der Waals surface area contributed by atoms with Crippen LogP contribution in [0, 0.1) is 0 Å². The van der Waals surface area contributed by atoms with Gasteiger partial charge in [-0.1, -0.05) is 37.7 Å². The van der Waals surface area contributed by atoms with Crippen LogP contribution < -0.4 is 5.32 Å². The lowest BCUT2D eigenvalue weighted by atomic mass is 10.0. The Bertz CT molecular complexity index is 883. The largest absolute Gasteiger partial charge is 0.461 e. The van der Waals surface area contributed by atoms with Crippen LogP contribution in [0.15, 0.2) is 52.2 Å². The van der Waals surface area contributed by atoms with Crippen LogP contribution in [0.5, 0.6) is 0 Å². The van der Waals surface area contributed by atoms with Crippen molar-refractivity contribution in [2.24, 2.45) is 0 Å². The van der Waals surface area contributed by atoms with Crippen LogP contribution in [0.3, 0.4) is 0 Å². The number of anilines is 1. The third-order valence-electron chi connectivity index (χ3n) is 4.12. The lowest BCUT2D eigenvalue weighted by Crippen LogP contribution is -2.15. The first-order valence-corrected chi connectivity index (χ1v) is 9.95. The first-order valence-electron chi connectivity index (χ1n) is 8.97. The van der Waals surface area contributed by atoms with Crippen molar-refractivity contribution in [3.8, 4) is 11.6 Å². The molecule has 0 aliphatic carbocycles. The Morgan fingerprint density at radius 1 is 1.15 bits per heavy atom. The second-order valence-electron chi connectivity index (χ2n) is 6.86. The molecule has 0 aliphatic rings. The van der Waals surface area contributed by atoms with Crippen LogP contribution in [0.25, 0.3) is 11.6 Å². The number of hydrogen-bond acceptors (Lipinski definition) is 5. The molecule has 3 aromatic rings. The Labute approximate surface area is 163 Å². The minimum Gasteiger partial charge on any atom is -0.461 e. The van der Waals surface area contributed by atoms with Gasteiger partial charge in [0.25, 0.3) is 0 Å². The number of hydrogen-bond donors (Lipinski definition) is 1. The first kappa shape index (κ1) is 19.2. The number of aromatic nitrogens is 3. The molecule has 0 unspecified atom stereocenters.